The van der Waals surface area contributed by atoms with Crippen LogP contribution in [0.15, 0.2) is 66.7 Å². The highest BCUT2D eigenvalue weighted by atomic mass is 16.5. The van der Waals surface area contributed by atoms with E-state index >= 15 is 0 Å². The Kier molecular flexibility index (Phi) is 4.34. The number of carbonyl (C=O) groups is 1. The zero-order valence-electron chi connectivity index (χ0n) is 10.7. The summed E-state index contributed by atoms with van der Waals surface area (Å²) in [5, 5.41) is 2.75. The van der Waals surface area contributed by atoms with Crippen LogP contribution in [-0.2, 0) is 4.79 Å². The molecule has 0 heterocycles. The number of benzene rings is 2. The number of ether oxygens (including phenoxy) is 1. The van der Waals surface area contributed by atoms with Gasteiger partial charge < -0.3 is 10.1 Å². The van der Waals surface area contributed by atoms with Gasteiger partial charge in [0.15, 0.2) is 0 Å². The monoisotopic (exact) mass is 253 g/mol. The number of hydrogen-bond donors (Lipinski definition) is 1. The van der Waals surface area contributed by atoms with Gasteiger partial charge in [-0.1, -0.05) is 24.3 Å². The zero-order valence-corrected chi connectivity index (χ0v) is 10.7. The molecule has 0 atom stereocenters. The molecule has 3 nitrogen and oxygen atoms in total. The lowest BCUT2D eigenvalue weighted by molar-refractivity contribution is -0.111. The smallest absolute Gasteiger partial charge is 0.248 e. The number of hydrogen-bond acceptors (Lipinski definition) is 2. The Morgan fingerprint density at radius 1 is 1.00 bits per heavy atom. The first kappa shape index (κ1) is 12.9. The van der Waals surface area contributed by atoms with Gasteiger partial charge >= 0.3 is 0 Å². The molecule has 1 N–H and O–H groups in total. The molecular weight excluding hydrogens is 238 g/mol. The predicted octanol–water partition coefficient (Wildman–Crippen LogP) is 3.99. The van der Waals surface area contributed by atoms with Gasteiger partial charge in [-0.2, -0.15) is 0 Å². The summed E-state index contributed by atoms with van der Waals surface area (Å²) < 4.78 is 5.66. The Morgan fingerprint density at radius 3 is 2.26 bits per heavy atom. The molecule has 0 unspecified atom stereocenters. The minimum atomic E-state index is -0.140. The third-order valence-electron chi connectivity index (χ3n) is 2.42. The van der Waals surface area contributed by atoms with Crippen molar-refractivity contribution in [1.29, 1.82) is 0 Å². The fraction of sp³-hybridized carbons (Fsp3) is 0.0625. The summed E-state index contributed by atoms with van der Waals surface area (Å²) in [4.78, 5) is 11.4. The molecule has 2 aromatic rings. The van der Waals surface area contributed by atoms with Crippen LogP contribution in [0.4, 0.5) is 5.69 Å². The van der Waals surface area contributed by atoms with E-state index in [9.17, 15) is 4.79 Å². The van der Waals surface area contributed by atoms with Crippen LogP contribution < -0.4 is 10.1 Å². The van der Waals surface area contributed by atoms with E-state index in [0.717, 1.165) is 17.2 Å². The second-order valence-electron chi connectivity index (χ2n) is 3.93. The fourth-order valence-electron chi connectivity index (χ4n) is 1.57. The van der Waals surface area contributed by atoms with Crippen molar-refractivity contribution in [2.24, 2.45) is 0 Å². The van der Waals surface area contributed by atoms with Crippen LogP contribution in [0.3, 0.4) is 0 Å². The first-order valence-electron chi connectivity index (χ1n) is 6.04. The summed E-state index contributed by atoms with van der Waals surface area (Å²) in [6.45, 7) is 1.80. The molecule has 0 saturated carbocycles. The van der Waals surface area contributed by atoms with E-state index in [1.807, 2.05) is 42.5 Å². The van der Waals surface area contributed by atoms with E-state index in [2.05, 4.69) is 5.32 Å². The van der Waals surface area contributed by atoms with Crippen molar-refractivity contribution >= 4 is 11.6 Å². The number of anilines is 1. The predicted molar refractivity (Wildman–Crippen MR) is 76.4 cm³/mol. The molecule has 2 rings (SSSR count). The molecular formula is C16H15NO2. The van der Waals surface area contributed by atoms with Crippen LogP contribution in [0.2, 0.25) is 0 Å². The molecule has 0 aliphatic rings. The minimum absolute atomic E-state index is 0.140. The van der Waals surface area contributed by atoms with Crippen LogP contribution in [0.1, 0.15) is 6.92 Å². The van der Waals surface area contributed by atoms with Gasteiger partial charge in [-0.3, -0.25) is 4.79 Å². The van der Waals surface area contributed by atoms with Crippen LogP contribution >= 0.6 is 0 Å². The Morgan fingerprint density at radius 2 is 1.63 bits per heavy atom. The topological polar surface area (TPSA) is 38.3 Å². The Hall–Kier alpha value is -2.55. The van der Waals surface area contributed by atoms with E-state index in [4.69, 9.17) is 4.74 Å². The van der Waals surface area contributed by atoms with Gasteiger partial charge in [0.1, 0.15) is 11.5 Å². The second-order valence-corrected chi connectivity index (χ2v) is 3.93. The van der Waals surface area contributed by atoms with Crippen molar-refractivity contribution < 1.29 is 9.53 Å². The van der Waals surface area contributed by atoms with Crippen LogP contribution in [0.5, 0.6) is 11.5 Å². The molecule has 0 bridgehead atoms. The van der Waals surface area contributed by atoms with Crippen molar-refractivity contribution in [3.05, 3.63) is 66.7 Å². The lowest BCUT2D eigenvalue weighted by Gasteiger charge is -2.07. The third kappa shape index (κ3) is 4.00. The Balaban J connectivity index is 2.00. The molecule has 3 heteroatoms. The van der Waals surface area contributed by atoms with Gasteiger partial charge in [0, 0.05) is 5.69 Å². The van der Waals surface area contributed by atoms with Crippen molar-refractivity contribution in [1.82, 2.24) is 0 Å². The molecule has 0 saturated heterocycles. The quantitative estimate of drug-likeness (QED) is 0.836. The first-order chi connectivity index (χ1) is 9.28. The van der Waals surface area contributed by atoms with Crippen LogP contribution in [-0.4, -0.2) is 5.91 Å². The maximum atomic E-state index is 11.4. The summed E-state index contributed by atoms with van der Waals surface area (Å²) in [5.41, 5.74) is 0.739. The molecule has 0 radical (unpaired) electrons. The van der Waals surface area contributed by atoms with Crippen LogP contribution in [0, 0.1) is 0 Å². The molecule has 0 fully saturated rings. The van der Waals surface area contributed by atoms with Gasteiger partial charge in [0.2, 0.25) is 5.91 Å². The molecule has 19 heavy (non-hydrogen) atoms. The average Bonchev–Trinajstić information content (AvgIpc) is 2.42. The Bertz CT molecular complexity index is 559. The average molecular weight is 253 g/mol. The van der Waals surface area contributed by atoms with E-state index in [1.165, 1.54) is 6.08 Å². The van der Waals surface area contributed by atoms with Gasteiger partial charge in [0.05, 0.1) is 0 Å². The summed E-state index contributed by atoms with van der Waals surface area (Å²) in [6, 6.07) is 16.8. The molecule has 2 aromatic carbocycles. The Labute approximate surface area is 112 Å². The largest absolute Gasteiger partial charge is 0.457 e. The highest BCUT2D eigenvalue weighted by Crippen LogP contribution is 2.22. The molecule has 0 aromatic heterocycles. The van der Waals surface area contributed by atoms with Crippen molar-refractivity contribution in [2.45, 2.75) is 6.92 Å². The number of nitrogens with one attached hydrogen (secondary N) is 1. The molecule has 1 amide bonds. The molecule has 0 aliphatic heterocycles. The van der Waals surface area contributed by atoms with Crippen molar-refractivity contribution in [2.75, 3.05) is 5.32 Å². The highest BCUT2D eigenvalue weighted by molar-refractivity contribution is 5.99. The van der Waals surface area contributed by atoms with Crippen LogP contribution in [0.25, 0.3) is 0 Å². The zero-order chi connectivity index (χ0) is 13.5. The summed E-state index contributed by atoms with van der Waals surface area (Å²) in [5.74, 6) is 1.38. The molecule has 96 valence electrons. The SMILES string of the molecule is C/C=C\C(=O)Nc1ccc(Oc2ccccc2)cc1. The van der Waals surface area contributed by atoms with Gasteiger partial charge in [-0.05, 0) is 49.4 Å². The summed E-state index contributed by atoms with van der Waals surface area (Å²) in [6.07, 6.45) is 3.18. The summed E-state index contributed by atoms with van der Waals surface area (Å²) >= 11 is 0. The lowest BCUT2D eigenvalue weighted by Crippen LogP contribution is -2.07. The maximum Gasteiger partial charge on any atom is 0.248 e. The van der Waals surface area contributed by atoms with Gasteiger partial charge in [-0.15, -0.1) is 0 Å². The highest BCUT2D eigenvalue weighted by Gasteiger charge is 1.99. The van der Waals surface area contributed by atoms with E-state index in [1.54, 1.807) is 25.1 Å². The molecule has 0 spiro atoms. The van der Waals surface area contributed by atoms with E-state index < -0.39 is 0 Å². The van der Waals surface area contributed by atoms with Crippen molar-refractivity contribution in [3.8, 4) is 11.5 Å². The van der Waals surface area contributed by atoms with E-state index in [-0.39, 0.29) is 5.91 Å². The normalized spacial score (nSPS) is 10.4. The van der Waals surface area contributed by atoms with Crippen molar-refractivity contribution in [3.63, 3.8) is 0 Å². The maximum absolute atomic E-state index is 11.4. The minimum Gasteiger partial charge on any atom is -0.457 e. The van der Waals surface area contributed by atoms with E-state index in [0.29, 0.717) is 0 Å². The van der Waals surface area contributed by atoms with Gasteiger partial charge in [0.25, 0.3) is 0 Å². The lowest BCUT2D eigenvalue weighted by atomic mass is 10.3. The summed E-state index contributed by atoms with van der Waals surface area (Å²) in [7, 11) is 0. The number of amides is 1. The third-order valence-corrected chi connectivity index (χ3v) is 2.42. The van der Waals surface area contributed by atoms with Gasteiger partial charge in [-0.25, -0.2) is 0 Å². The fourth-order valence-corrected chi connectivity index (χ4v) is 1.57. The standard InChI is InChI=1S/C16H15NO2/c1-2-6-16(18)17-13-9-11-15(12-10-13)19-14-7-4-3-5-8-14/h2-12H,1H3,(H,17,18)/b6-2-. The number of allylic oxidation sites excluding steroid dienone is 1. The second kappa shape index (κ2) is 6.40. The number of para-hydroxylation sites is 1. The molecule has 0 aliphatic carbocycles. The number of rotatable bonds is 4. The number of carbonyl (C=O) groups excluding carboxylic acids is 1. The first-order valence-corrected chi connectivity index (χ1v) is 6.04.